The molecule has 0 bridgehead atoms. The fourth-order valence-corrected chi connectivity index (χ4v) is 1.56. The monoisotopic (exact) mass is 193 g/mol. The van der Waals surface area contributed by atoms with Gasteiger partial charge in [0.2, 0.25) is 0 Å². The number of hydrogen-bond acceptors (Lipinski definition) is 4. The van der Waals surface area contributed by atoms with Gasteiger partial charge in [-0.15, -0.1) is 0 Å². The summed E-state index contributed by atoms with van der Waals surface area (Å²) in [7, 11) is 0. The molecule has 0 rings (SSSR count). The fraction of sp³-hybridized carbons (Fsp3) is 0.857. The van der Waals surface area contributed by atoms with Crippen LogP contribution in [-0.4, -0.2) is 39.8 Å². The summed E-state index contributed by atoms with van der Waals surface area (Å²) in [5.74, 6) is -0.0855. The van der Waals surface area contributed by atoms with Crippen molar-refractivity contribution in [3.05, 3.63) is 0 Å². The van der Waals surface area contributed by atoms with E-state index in [0.717, 1.165) is 0 Å². The Morgan fingerprint density at radius 3 is 2.58 bits per heavy atom. The van der Waals surface area contributed by atoms with E-state index in [-0.39, 0.29) is 6.10 Å². The van der Waals surface area contributed by atoms with Crippen LogP contribution in [0.2, 0.25) is 0 Å². The van der Waals surface area contributed by atoms with Crippen molar-refractivity contribution in [2.75, 3.05) is 11.5 Å². The lowest BCUT2D eigenvalue weighted by atomic mass is 10.3. The summed E-state index contributed by atoms with van der Waals surface area (Å²) in [5, 5.41) is 17.5. The van der Waals surface area contributed by atoms with Crippen molar-refractivity contribution in [1.82, 2.24) is 0 Å². The largest absolute Gasteiger partial charge is 0.480 e. The molecular formula is C7H15NO3S. The molecule has 0 aromatic carbocycles. The molecule has 0 saturated carbocycles. The lowest BCUT2D eigenvalue weighted by molar-refractivity contribution is -0.137. The zero-order valence-corrected chi connectivity index (χ0v) is 7.88. The molecule has 0 radical (unpaired) electrons. The summed E-state index contributed by atoms with van der Waals surface area (Å²) in [6.45, 7) is 1.88. The average Bonchev–Trinajstić information content (AvgIpc) is 2.03. The van der Waals surface area contributed by atoms with Crippen molar-refractivity contribution in [2.45, 2.75) is 25.5 Å². The van der Waals surface area contributed by atoms with Crippen molar-refractivity contribution in [2.24, 2.45) is 5.73 Å². The normalized spacial score (nSPS) is 15.6. The number of rotatable bonds is 6. The van der Waals surface area contributed by atoms with Crippen LogP contribution in [0.5, 0.6) is 0 Å². The van der Waals surface area contributed by atoms with E-state index in [1.807, 2.05) is 6.92 Å². The highest BCUT2D eigenvalue weighted by Crippen LogP contribution is 2.06. The Kier molecular flexibility index (Phi) is 6.14. The first kappa shape index (κ1) is 11.7. The summed E-state index contributed by atoms with van der Waals surface area (Å²) in [6.07, 6.45) is 0.339. The van der Waals surface area contributed by atoms with Crippen LogP contribution >= 0.6 is 11.8 Å². The van der Waals surface area contributed by atoms with E-state index in [2.05, 4.69) is 0 Å². The second-order valence-corrected chi connectivity index (χ2v) is 3.62. The summed E-state index contributed by atoms with van der Waals surface area (Å²) in [4.78, 5) is 10.2. The number of carboxylic acids is 1. The molecule has 0 heterocycles. The van der Waals surface area contributed by atoms with E-state index in [9.17, 15) is 4.79 Å². The molecule has 0 aliphatic carbocycles. The van der Waals surface area contributed by atoms with Gasteiger partial charge in [0.25, 0.3) is 0 Å². The van der Waals surface area contributed by atoms with Gasteiger partial charge in [0.1, 0.15) is 6.04 Å². The lowest BCUT2D eigenvalue weighted by Gasteiger charge is -2.08. The quantitative estimate of drug-likeness (QED) is 0.548. The number of thioether (sulfide) groups is 1. The van der Waals surface area contributed by atoms with Gasteiger partial charge >= 0.3 is 5.97 Å². The summed E-state index contributed by atoms with van der Waals surface area (Å²) < 4.78 is 0. The third-order valence-electron chi connectivity index (χ3n) is 1.40. The molecule has 0 aromatic heterocycles. The Balaban J connectivity index is 3.37. The van der Waals surface area contributed by atoms with E-state index < -0.39 is 12.0 Å². The van der Waals surface area contributed by atoms with Crippen LogP contribution < -0.4 is 5.73 Å². The number of hydrogen-bond donors (Lipinski definition) is 3. The van der Waals surface area contributed by atoms with Crippen LogP contribution in [0.25, 0.3) is 0 Å². The summed E-state index contributed by atoms with van der Waals surface area (Å²) >= 11 is 1.37. The molecule has 4 N–H and O–H groups in total. The van der Waals surface area contributed by atoms with Crippen LogP contribution in [0.4, 0.5) is 0 Å². The van der Waals surface area contributed by atoms with E-state index in [1.54, 1.807) is 0 Å². The number of aliphatic hydroxyl groups is 1. The second-order valence-electron chi connectivity index (χ2n) is 2.54. The third kappa shape index (κ3) is 5.40. The van der Waals surface area contributed by atoms with Crippen molar-refractivity contribution in [3.8, 4) is 0 Å². The van der Waals surface area contributed by atoms with Gasteiger partial charge in [0.05, 0.1) is 6.10 Å². The molecular weight excluding hydrogens is 178 g/mol. The fourth-order valence-electron chi connectivity index (χ4n) is 0.520. The predicted octanol–water partition coefficient (Wildman–Crippen LogP) is -0.0976. The molecule has 0 aliphatic heterocycles. The standard InChI is InChI=1S/C7H15NO3S/c1-2-5(9)3-12-4-6(8)7(10)11/h5-6,9H,2-4,8H2,1H3,(H,10,11). The van der Waals surface area contributed by atoms with E-state index in [0.29, 0.717) is 17.9 Å². The molecule has 0 fully saturated rings. The minimum absolute atomic E-state index is 0.351. The van der Waals surface area contributed by atoms with Gasteiger partial charge in [0.15, 0.2) is 0 Å². The first-order valence-electron chi connectivity index (χ1n) is 3.82. The summed E-state index contributed by atoms with van der Waals surface area (Å²) in [6, 6.07) is -0.820. The summed E-state index contributed by atoms with van der Waals surface area (Å²) in [5.41, 5.74) is 5.24. The van der Waals surface area contributed by atoms with Crippen molar-refractivity contribution < 1.29 is 15.0 Å². The topological polar surface area (TPSA) is 83.5 Å². The van der Waals surface area contributed by atoms with E-state index >= 15 is 0 Å². The Hall–Kier alpha value is -0.260. The molecule has 4 nitrogen and oxygen atoms in total. The van der Waals surface area contributed by atoms with Crippen molar-refractivity contribution in [1.29, 1.82) is 0 Å². The van der Waals surface area contributed by atoms with Crippen LogP contribution in [0.3, 0.4) is 0 Å². The van der Waals surface area contributed by atoms with Gasteiger partial charge in [-0.3, -0.25) is 4.79 Å². The molecule has 5 heteroatoms. The first-order valence-corrected chi connectivity index (χ1v) is 4.97. The second kappa shape index (κ2) is 6.28. The van der Waals surface area contributed by atoms with Gasteiger partial charge in [-0.25, -0.2) is 0 Å². The number of aliphatic carboxylic acids is 1. The molecule has 72 valence electrons. The van der Waals surface area contributed by atoms with Crippen LogP contribution in [0.15, 0.2) is 0 Å². The number of nitrogens with two attached hydrogens (primary N) is 1. The predicted molar refractivity (Wildman–Crippen MR) is 49.2 cm³/mol. The number of carboxylic acid groups (broad SMARTS) is 1. The maximum absolute atomic E-state index is 10.2. The molecule has 0 saturated heterocycles. The van der Waals surface area contributed by atoms with Gasteiger partial charge < -0.3 is 15.9 Å². The van der Waals surface area contributed by atoms with Crippen LogP contribution in [0.1, 0.15) is 13.3 Å². The van der Waals surface area contributed by atoms with E-state index in [4.69, 9.17) is 15.9 Å². The molecule has 0 spiro atoms. The Labute approximate surface area is 76.1 Å². The molecule has 0 aromatic rings. The first-order chi connectivity index (χ1) is 5.57. The maximum Gasteiger partial charge on any atom is 0.321 e. The van der Waals surface area contributed by atoms with Crippen LogP contribution in [-0.2, 0) is 4.79 Å². The minimum atomic E-state index is -0.992. The van der Waals surface area contributed by atoms with Crippen molar-refractivity contribution >= 4 is 17.7 Å². The molecule has 12 heavy (non-hydrogen) atoms. The third-order valence-corrected chi connectivity index (χ3v) is 2.61. The zero-order valence-electron chi connectivity index (χ0n) is 7.06. The molecule has 0 amide bonds. The highest BCUT2D eigenvalue weighted by atomic mass is 32.2. The Morgan fingerprint density at radius 2 is 2.17 bits per heavy atom. The maximum atomic E-state index is 10.2. The van der Waals surface area contributed by atoms with Gasteiger partial charge in [-0.05, 0) is 6.42 Å². The van der Waals surface area contributed by atoms with E-state index in [1.165, 1.54) is 11.8 Å². The lowest BCUT2D eigenvalue weighted by Crippen LogP contribution is -2.32. The van der Waals surface area contributed by atoms with Gasteiger partial charge in [0, 0.05) is 11.5 Å². The molecule has 2 unspecified atom stereocenters. The Morgan fingerprint density at radius 1 is 1.58 bits per heavy atom. The number of carbonyl (C=O) groups is 1. The van der Waals surface area contributed by atoms with Crippen molar-refractivity contribution in [3.63, 3.8) is 0 Å². The minimum Gasteiger partial charge on any atom is -0.480 e. The Bertz CT molecular complexity index is 143. The highest BCUT2D eigenvalue weighted by Gasteiger charge is 2.11. The molecule has 2 atom stereocenters. The van der Waals surface area contributed by atoms with Gasteiger partial charge in [-0.2, -0.15) is 11.8 Å². The number of aliphatic hydroxyl groups excluding tert-OH is 1. The molecule has 0 aliphatic rings. The average molecular weight is 193 g/mol. The SMILES string of the molecule is CCC(O)CSCC(N)C(=O)O. The smallest absolute Gasteiger partial charge is 0.321 e. The highest BCUT2D eigenvalue weighted by molar-refractivity contribution is 7.99. The van der Waals surface area contributed by atoms with Gasteiger partial charge in [-0.1, -0.05) is 6.92 Å². The van der Waals surface area contributed by atoms with Crippen LogP contribution in [0, 0.1) is 0 Å². The zero-order chi connectivity index (χ0) is 9.56.